The molecule has 1 aromatic rings. The maximum Gasteiger partial charge on any atom is 0.216 e. The summed E-state index contributed by atoms with van der Waals surface area (Å²) in [4.78, 5) is 0. The molecule has 1 aromatic carbocycles. The van der Waals surface area contributed by atoms with Gasteiger partial charge in [0.1, 0.15) is 0 Å². The number of sulfonamides is 1. The maximum absolute atomic E-state index is 12.8. The Morgan fingerprint density at radius 3 is 1.96 bits per heavy atom. The average Bonchev–Trinajstić information content (AvgIpc) is 2.40. The molecule has 0 aliphatic heterocycles. The van der Waals surface area contributed by atoms with Gasteiger partial charge in [-0.05, 0) is 68.4 Å². The first-order valence-corrected chi connectivity index (χ1v) is 10.7. The van der Waals surface area contributed by atoms with Crippen LogP contribution in [0.25, 0.3) is 0 Å². The van der Waals surface area contributed by atoms with Crippen molar-refractivity contribution in [1.82, 2.24) is 4.72 Å². The first-order valence-electron chi connectivity index (χ1n) is 8.29. The Hall–Kier alpha value is -0.290. The molecule has 0 amide bonds. The third-order valence-electron chi connectivity index (χ3n) is 5.81. The molecule has 4 bridgehead atoms. The van der Waals surface area contributed by atoms with Crippen LogP contribution in [-0.4, -0.2) is 14.0 Å². The van der Waals surface area contributed by atoms with E-state index in [4.69, 9.17) is 23.2 Å². The van der Waals surface area contributed by atoms with E-state index in [1.165, 1.54) is 19.3 Å². The number of benzene rings is 1. The molecule has 0 aromatic heterocycles. The lowest BCUT2D eigenvalue weighted by Gasteiger charge is -2.56. The van der Waals surface area contributed by atoms with Crippen molar-refractivity contribution in [1.29, 1.82) is 0 Å². The van der Waals surface area contributed by atoms with Crippen LogP contribution in [-0.2, 0) is 15.8 Å². The Labute approximate surface area is 147 Å². The van der Waals surface area contributed by atoms with Gasteiger partial charge >= 0.3 is 0 Å². The molecule has 5 rings (SSSR count). The SMILES string of the molecule is O=S(=O)(Cc1c(Cl)cccc1Cl)NC12CC3CC(CC(C3)C1)C2. The van der Waals surface area contributed by atoms with Crippen LogP contribution in [0.2, 0.25) is 10.0 Å². The molecule has 0 radical (unpaired) electrons. The van der Waals surface area contributed by atoms with Crippen LogP contribution < -0.4 is 4.72 Å². The van der Waals surface area contributed by atoms with Crippen LogP contribution in [0, 0.1) is 17.8 Å². The van der Waals surface area contributed by atoms with E-state index in [2.05, 4.69) is 4.72 Å². The molecule has 23 heavy (non-hydrogen) atoms. The lowest BCUT2D eigenvalue weighted by atomic mass is 9.53. The standard InChI is InChI=1S/C17H21Cl2NO2S/c18-15-2-1-3-16(19)14(15)10-23(21,22)20-17-7-11-4-12(8-17)6-13(5-11)9-17/h1-3,11-13,20H,4-10H2. The molecular weight excluding hydrogens is 353 g/mol. The van der Waals surface area contributed by atoms with Gasteiger partial charge in [-0.25, -0.2) is 13.1 Å². The second kappa shape index (κ2) is 5.62. The summed E-state index contributed by atoms with van der Waals surface area (Å²) in [5.41, 5.74) is 0.273. The summed E-state index contributed by atoms with van der Waals surface area (Å²) in [5, 5.41) is 0.821. The minimum Gasteiger partial charge on any atom is -0.212 e. The van der Waals surface area contributed by atoms with Crippen LogP contribution in [0.3, 0.4) is 0 Å². The fraction of sp³-hybridized carbons (Fsp3) is 0.647. The van der Waals surface area contributed by atoms with Crippen molar-refractivity contribution < 1.29 is 8.42 Å². The van der Waals surface area contributed by atoms with Gasteiger partial charge in [0.25, 0.3) is 0 Å². The molecule has 4 aliphatic carbocycles. The van der Waals surface area contributed by atoms with Gasteiger partial charge in [0.2, 0.25) is 10.0 Å². The van der Waals surface area contributed by atoms with Gasteiger partial charge in [0, 0.05) is 21.1 Å². The summed E-state index contributed by atoms with van der Waals surface area (Å²) in [6.45, 7) is 0. The van der Waals surface area contributed by atoms with Gasteiger partial charge in [-0.3, -0.25) is 0 Å². The van der Waals surface area contributed by atoms with Crippen LogP contribution in [0.1, 0.15) is 44.1 Å². The maximum atomic E-state index is 12.8. The summed E-state index contributed by atoms with van der Waals surface area (Å²) < 4.78 is 28.6. The molecule has 0 unspecified atom stereocenters. The normalized spacial score (nSPS) is 35.7. The second-order valence-electron chi connectivity index (χ2n) is 7.76. The van der Waals surface area contributed by atoms with Crippen molar-refractivity contribution in [2.75, 3.05) is 0 Å². The molecule has 126 valence electrons. The third-order valence-corrected chi connectivity index (χ3v) is 7.93. The Kier molecular flexibility index (Phi) is 3.96. The van der Waals surface area contributed by atoms with Crippen molar-refractivity contribution in [2.24, 2.45) is 17.8 Å². The zero-order valence-electron chi connectivity index (χ0n) is 12.9. The average molecular weight is 374 g/mol. The van der Waals surface area contributed by atoms with E-state index in [9.17, 15) is 8.42 Å². The summed E-state index contributed by atoms with van der Waals surface area (Å²) in [5.74, 6) is 1.96. The van der Waals surface area contributed by atoms with E-state index in [-0.39, 0.29) is 11.3 Å². The molecule has 1 N–H and O–H groups in total. The van der Waals surface area contributed by atoms with Crippen LogP contribution >= 0.6 is 23.2 Å². The fourth-order valence-electron chi connectivity index (χ4n) is 5.46. The van der Waals surface area contributed by atoms with Crippen molar-refractivity contribution >= 4 is 33.2 Å². The first-order chi connectivity index (χ1) is 10.8. The van der Waals surface area contributed by atoms with Crippen LogP contribution in [0.15, 0.2) is 18.2 Å². The minimum atomic E-state index is -3.46. The predicted octanol–water partition coefficient (Wildman–Crippen LogP) is 4.38. The molecule has 4 saturated carbocycles. The van der Waals surface area contributed by atoms with Gasteiger partial charge in [-0.2, -0.15) is 0 Å². The molecule has 0 saturated heterocycles. The monoisotopic (exact) mass is 373 g/mol. The number of hydrogen-bond donors (Lipinski definition) is 1. The summed E-state index contributed by atoms with van der Waals surface area (Å²) in [7, 11) is -3.46. The highest BCUT2D eigenvalue weighted by Crippen LogP contribution is 2.55. The summed E-state index contributed by atoms with van der Waals surface area (Å²) in [6, 6.07) is 5.10. The molecular formula is C17H21Cl2NO2S. The van der Waals surface area contributed by atoms with Crippen molar-refractivity contribution in [2.45, 2.75) is 49.8 Å². The molecule has 0 heterocycles. The zero-order chi connectivity index (χ0) is 16.2. The smallest absolute Gasteiger partial charge is 0.212 e. The first kappa shape index (κ1) is 16.2. The lowest BCUT2D eigenvalue weighted by Crippen LogP contribution is -2.59. The number of hydrogen-bond acceptors (Lipinski definition) is 2. The number of nitrogens with one attached hydrogen (secondary N) is 1. The minimum absolute atomic E-state index is 0.146. The highest BCUT2D eigenvalue weighted by atomic mass is 35.5. The topological polar surface area (TPSA) is 46.2 Å². The van der Waals surface area contributed by atoms with Crippen LogP contribution in [0.4, 0.5) is 0 Å². The number of halogens is 2. The van der Waals surface area contributed by atoms with Crippen molar-refractivity contribution in [3.05, 3.63) is 33.8 Å². The highest BCUT2D eigenvalue weighted by Gasteiger charge is 2.52. The largest absolute Gasteiger partial charge is 0.216 e. The molecule has 6 heteroatoms. The Bertz CT molecular complexity index is 677. The summed E-state index contributed by atoms with van der Waals surface area (Å²) >= 11 is 12.3. The van der Waals surface area contributed by atoms with Gasteiger partial charge in [-0.1, -0.05) is 29.3 Å². The summed E-state index contributed by atoms with van der Waals surface area (Å²) in [6.07, 6.45) is 6.85. The molecule has 0 spiro atoms. The molecule has 3 nitrogen and oxygen atoms in total. The van der Waals surface area contributed by atoms with Gasteiger partial charge in [0.15, 0.2) is 0 Å². The van der Waals surface area contributed by atoms with E-state index in [0.29, 0.717) is 33.4 Å². The zero-order valence-corrected chi connectivity index (χ0v) is 15.2. The van der Waals surface area contributed by atoms with E-state index in [1.54, 1.807) is 18.2 Å². The van der Waals surface area contributed by atoms with Gasteiger partial charge in [0.05, 0.1) is 5.75 Å². The van der Waals surface area contributed by atoms with Gasteiger partial charge < -0.3 is 0 Å². The predicted molar refractivity (Wildman–Crippen MR) is 93.1 cm³/mol. The third kappa shape index (κ3) is 3.15. The fourth-order valence-corrected chi connectivity index (χ4v) is 7.82. The van der Waals surface area contributed by atoms with Crippen LogP contribution in [0.5, 0.6) is 0 Å². The highest BCUT2D eigenvalue weighted by molar-refractivity contribution is 7.88. The quantitative estimate of drug-likeness (QED) is 0.850. The van der Waals surface area contributed by atoms with E-state index in [0.717, 1.165) is 19.3 Å². The van der Waals surface area contributed by atoms with Crippen molar-refractivity contribution in [3.63, 3.8) is 0 Å². The second-order valence-corrected chi connectivity index (χ2v) is 10.3. The molecule has 0 atom stereocenters. The van der Waals surface area contributed by atoms with Crippen molar-refractivity contribution in [3.8, 4) is 0 Å². The van der Waals surface area contributed by atoms with E-state index in [1.807, 2.05) is 0 Å². The van der Waals surface area contributed by atoms with Gasteiger partial charge in [-0.15, -0.1) is 0 Å². The molecule has 4 aliphatic rings. The van der Waals surface area contributed by atoms with E-state index >= 15 is 0 Å². The Balaban J connectivity index is 1.56. The Morgan fingerprint density at radius 1 is 1.00 bits per heavy atom. The molecule has 4 fully saturated rings. The van der Waals surface area contributed by atoms with E-state index < -0.39 is 10.0 Å². The number of rotatable bonds is 4. The lowest BCUT2D eigenvalue weighted by molar-refractivity contribution is -0.00812. The Morgan fingerprint density at radius 2 is 1.48 bits per heavy atom.